The molecule has 0 aromatic heterocycles. The molecule has 0 radical (unpaired) electrons. The number of carbonyl (C=O) groups is 3. The molecule has 8 heteroatoms. The molecule has 0 spiro atoms. The van der Waals surface area contributed by atoms with Gasteiger partial charge in [0.1, 0.15) is 6.10 Å². The van der Waals surface area contributed by atoms with Gasteiger partial charge in [0, 0.05) is 23.9 Å². The molecule has 8 nitrogen and oxygen atoms in total. The van der Waals surface area contributed by atoms with Gasteiger partial charge in [0.2, 0.25) is 11.8 Å². The highest BCUT2D eigenvalue weighted by Crippen LogP contribution is 2.35. The Labute approximate surface area is 263 Å². The van der Waals surface area contributed by atoms with Crippen molar-refractivity contribution in [2.24, 2.45) is 16.7 Å². The molecule has 1 saturated heterocycles. The van der Waals surface area contributed by atoms with Crippen LogP contribution in [0.15, 0.2) is 0 Å². The lowest BCUT2D eigenvalue weighted by Crippen LogP contribution is -2.57. The maximum Gasteiger partial charge on any atom is 0.305 e. The van der Waals surface area contributed by atoms with Crippen molar-refractivity contribution in [2.75, 3.05) is 13.2 Å². The zero-order valence-electron chi connectivity index (χ0n) is 28.9. The lowest BCUT2D eigenvalue weighted by Gasteiger charge is -2.45. The predicted molar refractivity (Wildman–Crippen MR) is 174 cm³/mol. The SMILES string of the molecule is CCCCCCCCCCCCCCC(C(=O)NCCCC(CC(=O)O)NC(=O)C1OC(C)(C)OCC1(C)C)C(C)(C)C. The van der Waals surface area contributed by atoms with Gasteiger partial charge in [-0.3, -0.25) is 14.4 Å². The van der Waals surface area contributed by atoms with Gasteiger partial charge in [-0.05, 0) is 38.5 Å². The molecule has 0 aromatic carbocycles. The highest BCUT2D eigenvalue weighted by atomic mass is 16.7. The van der Waals surface area contributed by atoms with Crippen LogP contribution in [-0.4, -0.2) is 54.0 Å². The molecule has 3 N–H and O–H groups in total. The van der Waals surface area contributed by atoms with E-state index < -0.39 is 29.3 Å². The first kappa shape index (κ1) is 39.4. The summed E-state index contributed by atoms with van der Waals surface area (Å²) in [5.74, 6) is -2.19. The van der Waals surface area contributed by atoms with Crippen molar-refractivity contribution in [3.63, 3.8) is 0 Å². The molecule has 1 heterocycles. The van der Waals surface area contributed by atoms with E-state index in [9.17, 15) is 19.5 Å². The molecule has 0 aliphatic carbocycles. The summed E-state index contributed by atoms with van der Waals surface area (Å²) in [5.41, 5.74) is -0.678. The van der Waals surface area contributed by atoms with Gasteiger partial charge in [0.15, 0.2) is 5.79 Å². The molecule has 1 aliphatic heterocycles. The van der Waals surface area contributed by atoms with Crippen molar-refractivity contribution < 1.29 is 29.0 Å². The van der Waals surface area contributed by atoms with Crippen LogP contribution in [0.4, 0.5) is 0 Å². The second-order valence-corrected chi connectivity index (χ2v) is 15.0. The van der Waals surface area contributed by atoms with E-state index in [0.29, 0.717) is 26.0 Å². The van der Waals surface area contributed by atoms with Crippen LogP contribution in [0.2, 0.25) is 0 Å². The molecule has 3 unspecified atom stereocenters. The van der Waals surface area contributed by atoms with E-state index in [1.807, 2.05) is 13.8 Å². The number of hydrogen-bond acceptors (Lipinski definition) is 5. The number of amides is 2. The average molecular weight is 611 g/mol. The topological polar surface area (TPSA) is 114 Å². The van der Waals surface area contributed by atoms with E-state index in [2.05, 4.69) is 38.3 Å². The zero-order chi connectivity index (χ0) is 32.5. The van der Waals surface area contributed by atoms with Crippen molar-refractivity contribution in [1.82, 2.24) is 10.6 Å². The standard InChI is InChI=1S/C35H66N2O6/c1-9-10-11-12-13-14-15-16-17-18-19-20-23-28(33(2,3)4)31(40)36-24-21-22-27(25-29(38)39)37-32(41)30-34(5,6)26-42-35(7,8)43-30/h27-28,30H,9-26H2,1-8H3,(H,36,40)(H,37,41)(H,38,39). The number of rotatable bonds is 22. The van der Waals surface area contributed by atoms with Crippen LogP contribution >= 0.6 is 0 Å². The highest BCUT2D eigenvalue weighted by molar-refractivity contribution is 5.82. The van der Waals surface area contributed by atoms with Crippen LogP contribution in [-0.2, 0) is 23.9 Å². The van der Waals surface area contributed by atoms with Gasteiger partial charge in [-0.1, -0.05) is 119 Å². The van der Waals surface area contributed by atoms with Gasteiger partial charge >= 0.3 is 5.97 Å². The van der Waals surface area contributed by atoms with Gasteiger partial charge in [-0.15, -0.1) is 0 Å². The minimum absolute atomic E-state index is 0.0639. The quantitative estimate of drug-likeness (QED) is 0.108. The Morgan fingerprint density at radius 3 is 1.88 bits per heavy atom. The monoisotopic (exact) mass is 610 g/mol. The minimum atomic E-state index is -0.975. The Kier molecular flexibility index (Phi) is 18.0. The number of ether oxygens (including phenoxy) is 2. The first-order chi connectivity index (χ1) is 20.1. The summed E-state index contributed by atoms with van der Waals surface area (Å²) >= 11 is 0. The van der Waals surface area contributed by atoms with Gasteiger partial charge in [-0.25, -0.2) is 0 Å². The molecule has 2 amide bonds. The lowest BCUT2D eigenvalue weighted by molar-refractivity contribution is -0.304. The summed E-state index contributed by atoms with van der Waals surface area (Å²) in [7, 11) is 0. The second kappa shape index (κ2) is 19.7. The van der Waals surface area contributed by atoms with Crippen LogP contribution in [0.3, 0.4) is 0 Å². The minimum Gasteiger partial charge on any atom is -0.481 e. The molecular formula is C35H66N2O6. The Bertz CT molecular complexity index is 820. The number of carboxylic acid groups (broad SMARTS) is 1. The third-order valence-electron chi connectivity index (χ3n) is 8.65. The Morgan fingerprint density at radius 2 is 1.37 bits per heavy atom. The first-order valence-corrected chi connectivity index (χ1v) is 17.2. The second-order valence-electron chi connectivity index (χ2n) is 15.0. The van der Waals surface area contributed by atoms with E-state index in [1.165, 1.54) is 64.2 Å². The molecule has 43 heavy (non-hydrogen) atoms. The largest absolute Gasteiger partial charge is 0.481 e. The van der Waals surface area contributed by atoms with E-state index in [-0.39, 0.29) is 29.6 Å². The molecule has 3 atom stereocenters. The normalized spacial score (nSPS) is 19.4. The third kappa shape index (κ3) is 16.8. The summed E-state index contributed by atoms with van der Waals surface area (Å²) in [6.45, 7) is 16.8. The van der Waals surface area contributed by atoms with Crippen molar-refractivity contribution >= 4 is 17.8 Å². The zero-order valence-corrected chi connectivity index (χ0v) is 28.9. The van der Waals surface area contributed by atoms with Crippen LogP contribution in [0, 0.1) is 16.7 Å². The van der Waals surface area contributed by atoms with E-state index in [1.54, 1.807) is 13.8 Å². The maximum atomic E-state index is 13.2. The smallest absolute Gasteiger partial charge is 0.305 e. The van der Waals surface area contributed by atoms with Crippen molar-refractivity contribution in [2.45, 2.75) is 176 Å². The summed E-state index contributed by atoms with van der Waals surface area (Å²) in [6.07, 6.45) is 16.5. The number of aliphatic carboxylic acids is 1. The first-order valence-electron chi connectivity index (χ1n) is 17.2. The number of carbonyl (C=O) groups excluding carboxylic acids is 2. The van der Waals surface area contributed by atoms with E-state index >= 15 is 0 Å². The van der Waals surface area contributed by atoms with E-state index in [4.69, 9.17) is 9.47 Å². The lowest BCUT2D eigenvalue weighted by atomic mass is 9.77. The number of unbranched alkanes of at least 4 members (excludes halogenated alkanes) is 11. The Hall–Kier alpha value is -1.67. The van der Waals surface area contributed by atoms with Gasteiger partial charge in [0.25, 0.3) is 0 Å². The summed E-state index contributed by atoms with van der Waals surface area (Å²) in [4.78, 5) is 37.8. The van der Waals surface area contributed by atoms with Crippen molar-refractivity contribution in [3.05, 3.63) is 0 Å². The predicted octanol–water partition coefficient (Wildman–Crippen LogP) is 7.77. The van der Waals surface area contributed by atoms with Crippen LogP contribution in [0.1, 0.15) is 158 Å². The van der Waals surface area contributed by atoms with Gasteiger partial charge < -0.3 is 25.2 Å². The van der Waals surface area contributed by atoms with Crippen LogP contribution in [0.25, 0.3) is 0 Å². The summed E-state index contributed by atoms with van der Waals surface area (Å²) in [6, 6.07) is -0.549. The number of carboxylic acids is 1. The summed E-state index contributed by atoms with van der Waals surface area (Å²) < 4.78 is 11.6. The summed E-state index contributed by atoms with van der Waals surface area (Å²) in [5, 5.41) is 15.4. The van der Waals surface area contributed by atoms with Crippen molar-refractivity contribution in [1.29, 1.82) is 0 Å². The van der Waals surface area contributed by atoms with Crippen LogP contribution < -0.4 is 10.6 Å². The molecule has 252 valence electrons. The number of hydrogen-bond donors (Lipinski definition) is 3. The molecule has 1 fully saturated rings. The fourth-order valence-corrected chi connectivity index (χ4v) is 5.86. The molecule has 0 aromatic rings. The average Bonchev–Trinajstić information content (AvgIpc) is 2.89. The van der Waals surface area contributed by atoms with Gasteiger partial charge in [0.05, 0.1) is 13.0 Å². The fourth-order valence-electron chi connectivity index (χ4n) is 5.86. The molecule has 1 rings (SSSR count). The maximum absolute atomic E-state index is 13.2. The third-order valence-corrected chi connectivity index (χ3v) is 8.65. The van der Waals surface area contributed by atoms with Crippen LogP contribution in [0.5, 0.6) is 0 Å². The van der Waals surface area contributed by atoms with Gasteiger partial charge in [-0.2, -0.15) is 0 Å². The Morgan fingerprint density at radius 1 is 0.837 bits per heavy atom. The molecule has 1 aliphatic rings. The highest BCUT2D eigenvalue weighted by Gasteiger charge is 2.46. The Balaban J connectivity index is 2.44. The molecular weight excluding hydrogens is 544 g/mol. The number of nitrogens with one attached hydrogen (secondary N) is 2. The molecule has 0 bridgehead atoms. The van der Waals surface area contributed by atoms with Crippen molar-refractivity contribution in [3.8, 4) is 0 Å². The van der Waals surface area contributed by atoms with E-state index in [0.717, 1.165) is 19.3 Å². The fraction of sp³-hybridized carbons (Fsp3) is 0.914. The molecule has 0 saturated carbocycles.